The Bertz CT molecular complexity index is 579. The van der Waals surface area contributed by atoms with E-state index in [-0.39, 0.29) is 0 Å². The number of hydrogen-bond acceptors (Lipinski definition) is 3. The van der Waals surface area contributed by atoms with Gasteiger partial charge >= 0.3 is 0 Å². The molecule has 0 radical (unpaired) electrons. The van der Waals surface area contributed by atoms with E-state index < -0.39 is 0 Å². The normalized spacial score (nSPS) is 18.3. The minimum absolute atomic E-state index is 0.772. The van der Waals surface area contributed by atoms with Crippen LogP contribution in [0.3, 0.4) is 0 Å². The molecule has 0 saturated carbocycles. The third kappa shape index (κ3) is 2.91. The first-order valence-corrected chi connectivity index (χ1v) is 8.26. The summed E-state index contributed by atoms with van der Waals surface area (Å²) in [5.74, 6) is 0.772. The van der Waals surface area contributed by atoms with Gasteiger partial charge in [-0.3, -0.25) is 0 Å². The minimum Gasteiger partial charge on any atom is -0.319 e. The Balaban J connectivity index is 1.87. The molecule has 1 aliphatic rings. The second-order valence-electron chi connectivity index (χ2n) is 5.07. The van der Waals surface area contributed by atoms with E-state index in [1.165, 1.54) is 29.0 Å². The molecule has 1 aromatic heterocycles. The van der Waals surface area contributed by atoms with Crippen LogP contribution in [0.2, 0.25) is 0 Å². The van der Waals surface area contributed by atoms with Gasteiger partial charge in [0.25, 0.3) is 0 Å². The molecule has 1 aromatic carbocycles. The lowest BCUT2D eigenvalue weighted by atomic mass is 9.91. The highest BCUT2D eigenvalue weighted by atomic mass is 79.9. The smallest absolute Gasteiger partial charge is 0.123 e. The van der Waals surface area contributed by atoms with Crippen LogP contribution in [0.5, 0.6) is 0 Å². The lowest BCUT2D eigenvalue weighted by Gasteiger charge is -2.20. The van der Waals surface area contributed by atoms with E-state index in [2.05, 4.69) is 45.5 Å². The van der Waals surface area contributed by atoms with Crippen molar-refractivity contribution in [1.82, 2.24) is 10.3 Å². The molecule has 0 fully saturated rings. The zero-order valence-electron chi connectivity index (χ0n) is 10.9. The fourth-order valence-electron chi connectivity index (χ4n) is 2.65. The van der Waals surface area contributed by atoms with E-state index in [4.69, 9.17) is 4.98 Å². The van der Waals surface area contributed by atoms with Gasteiger partial charge in [-0.15, -0.1) is 11.3 Å². The van der Waals surface area contributed by atoms with Gasteiger partial charge in [-0.05, 0) is 50.9 Å². The summed E-state index contributed by atoms with van der Waals surface area (Å²) in [6.07, 6.45) is 3.57. The van der Waals surface area contributed by atoms with Crippen LogP contribution in [0.15, 0.2) is 28.7 Å². The van der Waals surface area contributed by atoms with Crippen LogP contribution in [-0.4, -0.2) is 18.6 Å². The fraction of sp³-hybridized carbons (Fsp3) is 0.400. The fourth-order valence-corrected chi connectivity index (χ4v) is 4.27. The molecule has 0 aliphatic heterocycles. The van der Waals surface area contributed by atoms with E-state index in [1.807, 2.05) is 18.4 Å². The summed E-state index contributed by atoms with van der Waals surface area (Å²) < 4.78 is 1.12. The van der Waals surface area contributed by atoms with Crippen molar-refractivity contribution in [2.24, 2.45) is 5.92 Å². The number of aromatic nitrogens is 1. The first kappa shape index (κ1) is 13.3. The number of aryl methyl sites for hydroxylation is 1. The molecule has 1 heterocycles. The number of rotatable bonds is 3. The monoisotopic (exact) mass is 336 g/mol. The summed E-state index contributed by atoms with van der Waals surface area (Å²) in [5, 5.41) is 4.46. The second kappa shape index (κ2) is 5.73. The Morgan fingerprint density at radius 3 is 3.16 bits per heavy atom. The van der Waals surface area contributed by atoms with Crippen molar-refractivity contribution >= 4 is 27.3 Å². The van der Waals surface area contributed by atoms with Crippen molar-refractivity contribution in [3.05, 3.63) is 39.3 Å². The number of fused-ring (bicyclic) bond motifs is 1. The van der Waals surface area contributed by atoms with Crippen molar-refractivity contribution in [3.8, 4) is 10.6 Å². The highest BCUT2D eigenvalue weighted by Gasteiger charge is 2.22. The average Bonchev–Trinajstić information content (AvgIpc) is 2.82. The predicted molar refractivity (Wildman–Crippen MR) is 84.7 cm³/mol. The maximum Gasteiger partial charge on any atom is 0.123 e. The molecule has 2 aromatic rings. The predicted octanol–water partition coefficient (Wildman–Crippen LogP) is 3.90. The Morgan fingerprint density at radius 1 is 1.47 bits per heavy atom. The third-order valence-corrected chi connectivity index (χ3v) is 5.27. The summed E-state index contributed by atoms with van der Waals surface area (Å²) in [6.45, 7) is 1.11. The largest absolute Gasteiger partial charge is 0.319 e. The van der Waals surface area contributed by atoms with Crippen LogP contribution in [-0.2, 0) is 12.8 Å². The van der Waals surface area contributed by atoms with E-state index in [0.29, 0.717) is 0 Å². The van der Waals surface area contributed by atoms with Crippen molar-refractivity contribution in [2.45, 2.75) is 19.3 Å². The highest BCUT2D eigenvalue weighted by Crippen LogP contribution is 2.35. The van der Waals surface area contributed by atoms with Crippen LogP contribution < -0.4 is 5.32 Å². The van der Waals surface area contributed by atoms with Gasteiger partial charge in [0.1, 0.15) is 5.01 Å². The zero-order chi connectivity index (χ0) is 13.2. The molecule has 2 nitrogen and oxygen atoms in total. The van der Waals surface area contributed by atoms with Gasteiger partial charge in [0, 0.05) is 14.9 Å². The maximum atomic E-state index is 4.83. The minimum atomic E-state index is 0.772. The molecule has 3 rings (SSSR count). The van der Waals surface area contributed by atoms with Gasteiger partial charge in [0.05, 0.1) is 5.69 Å². The summed E-state index contributed by atoms with van der Waals surface area (Å²) >= 11 is 5.40. The Hall–Kier alpha value is -0.710. The van der Waals surface area contributed by atoms with Crippen molar-refractivity contribution in [1.29, 1.82) is 0 Å². The van der Waals surface area contributed by atoms with Crippen LogP contribution in [0, 0.1) is 5.92 Å². The van der Waals surface area contributed by atoms with E-state index in [1.54, 1.807) is 0 Å². The summed E-state index contributed by atoms with van der Waals surface area (Å²) in [6, 6.07) is 8.42. The zero-order valence-corrected chi connectivity index (χ0v) is 13.4. The number of nitrogens with one attached hydrogen (secondary N) is 1. The van der Waals surface area contributed by atoms with Crippen LogP contribution in [0.4, 0.5) is 0 Å². The van der Waals surface area contributed by atoms with Crippen LogP contribution in [0.1, 0.15) is 17.0 Å². The molecule has 1 atom stereocenters. The molecular weight excluding hydrogens is 320 g/mol. The van der Waals surface area contributed by atoms with Gasteiger partial charge in [-0.1, -0.05) is 28.1 Å². The molecule has 100 valence electrons. The standard InChI is InChI=1S/C15H17BrN2S/c1-17-9-10-5-6-13-14(7-10)19-15(18-13)11-3-2-4-12(16)8-11/h2-4,8,10,17H,5-7,9H2,1H3. The number of thiazole rings is 1. The maximum absolute atomic E-state index is 4.83. The van der Waals surface area contributed by atoms with Gasteiger partial charge in [0.2, 0.25) is 0 Å². The van der Waals surface area contributed by atoms with Gasteiger partial charge in [-0.25, -0.2) is 4.98 Å². The van der Waals surface area contributed by atoms with Gasteiger partial charge in [-0.2, -0.15) is 0 Å². The molecule has 19 heavy (non-hydrogen) atoms. The topological polar surface area (TPSA) is 24.9 Å². The average molecular weight is 337 g/mol. The number of halogens is 1. The van der Waals surface area contributed by atoms with E-state index in [9.17, 15) is 0 Å². The van der Waals surface area contributed by atoms with Gasteiger partial charge < -0.3 is 5.32 Å². The first-order valence-electron chi connectivity index (χ1n) is 6.65. The highest BCUT2D eigenvalue weighted by molar-refractivity contribution is 9.10. The SMILES string of the molecule is CNCC1CCc2nc(-c3cccc(Br)c3)sc2C1. The molecule has 0 spiro atoms. The summed E-state index contributed by atoms with van der Waals surface area (Å²) in [7, 11) is 2.04. The number of hydrogen-bond donors (Lipinski definition) is 1. The quantitative estimate of drug-likeness (QED) is 0.919. The molecule has 0 amide bonds. The van der Waals surface area contributed by atoms with E-state index >= 15 is 0 Å². The lowest BCUT2D eigenvalue weighted by Crippen LogP contribution is -2.24. The van der Waals surface area contributed by atoms with E-state index in [0.717, 1.165) is 28.4 Å². The van der Waals surface area contributed by atoms with Crippen molar-refractivity contribution < 1.29 is 0 Å². The Labute approximate surface area is 126 Å². The number of benzene rings is 1. The first-order chi connectivity index (χ1) is 9.26. The van der Waals surface area contributed by atoms with Gasteiger partial charge in [0.15, 0.2) is 0 Å². The molecule has 0 bridgehead atoms. The Morgan fingerprint density at radius 2 is 2.37 bits per heavy atom. The van der Waals surface area contributed by atoms with Crippen LogP contribution in [0.25, 0.3) is 10.6 Å². The second-order valence-corrected chi connectivity index (χ2v) is 7.07. The molecule has 1 unspecified atom stereocenters. The molecule has 1 N–H and O–H groups in total. The summed E-state index contributed by atoms with van der Waals surface area (Å²) in [4.78, 5) is 6.32. The number of nitrogens with zero attached hydrogens (tertiary/aromatic N) is 1. The molecular formula is C15H17BrN2S. The van der Waals surface area contributed by atoms with Crippen molar-refractivity contribution in [3.63, 3.8) is 0 Å². The molecule has 1 aliphatic carbocycles. The Kier molecular flexibility index (Phi) is 4.01. The van der Waals surface area contributed by atoms with Crippen molar-refractivity contribution in [2.75, 3.05) is 13.6 Å². The molecule has 0 saturated heterocycles. The summed E-state index contributed by atoms with van der Waals surface area (Å²) in [5.41, 5.74) is 2.55. The third-order valence-electron chi connectivity index (χ3n) is 3.61. The molecule has 4 heteroatoms. The lowest BCUT2D eigenvalue weighted by molar-refractivity contribution is 0.441. The van der Waals surface area contributed by atoms with Crippen LogP contribution >= 0.6 is 27.3 Å².